The van der Waals surface area contributed by atoms with Crippen molar-refractivity contribution in [3.05, 3.63) is 30.0 Å². The van der Waals surface area contributed by atoms with Crippen LogP contribution in [0, 0.1) is 0 Å². The van der Waals surface area contributed by atoms with E-state index in [1.54, 1.807) is 0 Å². The Morgan fingerprint density at radius 1 is 1.21 bits per heavy atom. The van der Waals surface area contributed by atoms with Crippen molar-refractivity contribution in [1.82, 2.24) is 10.2 Å². The maximum absolute atomic E-state index is 5.40. The summed E-state index contributed by atoms with van der Waals surface area (Å²) < 4.78 is 10.7. The zero-order valence-electron chi connectivity index (χ0n) is 11.5. The molecule has 0 atom stereocenters. The molecule has 0 radical (unpaired) electrons. The summed E-state index contributed by atoms with van der Waals surface area (Å²) in [7, 11) is 0. The lowest BCUT2D eigenvalue weighted by molar-refractivity contribution is 0.174. The third kappa shape index (κ3) is 2.07. The quantitative estimate of drug-likeness (QED) is 0.916. The Kier molecular flexibility index (Phi) is 2.73. The molecule has 1 aromatic carbocycles. The summed E-state index contributed by atoms with van der Waals surface area (Å²) in [5, 5.41) is 7.55. The summed E-state index contributed by atoms with van der Waals surface area (Å²) in [6.07, 6.45) is 1.07. The highest BCUT2D eigenvalue weighted by atomic mass is 16.7. The molecule has 100 valence electrons. The second-order valence-electron chi connectivity index (χ2n) is 5.47. The number of nitrogens with zero attached hydrogens (tertiary/aromatic N) is 1. The number of fused-ring (bicyclic) bond motifs is 1. The molecular weight excluding hydrogens is 240 g/mol. The third-order valence-corrected chi connectivity index (χ3v) is 3.86. The number of ether oxygens (including phenoxy) is 2. The Balaban J connectivity index is 1.95. The van der Waals surface area contributed by atoms with Crippen LogP contribution in [0.2, 0.25) is 0 Å². The first kappa shape index (κ1) is 12.1. The highest BCUT2D eigenvalue weighted by molar-refractivity contribution is 5.64. The number of hydrogen-bond acceptors (Lipinski definition) is 3. The monoisotopic (exact) mass is 258 g/mol. The fourth-order valence-corrected chi connectivity index (χ4v) is 2.06. The van der Waals surface area contributed by atoms with Crippen LogP contribution in [0.3, 0.4) is 0 Å². The summed E-state index contributed by atoms with van der Waals surface area (Å²) in [4.78, 5) is 0. The van der Waals surface area contributed by atoms with Crippen LogP contribution in [0.5, 0.6) is 11.5 Å². The SMILES string of the molecule is CCC(C)(C)c1cc(-c2ccc3c(c2)OCO3)n[nH]1. The van der Waals surface area contributed by atoms with Crippen molar-refractivity contribution in [3.63, 3.8) is 0 Å². The second kappa shape index (κ2) is 4.30. The lowest BCUT2D eigenvalue weighted by atomic mass is 9.86. The number of nitrogens with one attached hydrogen (secondary N) is 1. The van der Waals surface area contributed by atoms with E-state index in [1.165, 1.54) is 0 Å². The Hall–Kier alpha value is -1.97. The van der Waals surface area contributed by atoms with E-state index < -0.39 is 0 Å². The molecule has 0 unspecified atom stereocenters. The summed E-state index contributed by atoms with van der Waals surface area (Å²) in [5.41, 5.74) is 3.25. The van der Waals surface area contributed by atoms with Gasteiger partial charge in [-0.15, -0.1) is 0 Å². The molecule has 19 heavy (non-hydrogen) atoms. The van der Waals surface area contributed by atoms with Gasteiger partial charge in [-0.1, -0.05) is 20.8 Å². The molecule has 1 N–H and O–H groups in total. The van der Waals surface area contributed by atoms with Crippen LogP contribution in [0.4, 0.5) is 0 Å². The van der Waals surface area contributed by atoms with Gasteiger partial charge in [-0.05, 0) is 30.7 Å². The predicted octanol–water partition coefficient (Wildman–Crippen LogP) is 3.49. The highest BCUT2D eigenvalue weighted by Gasteiger charge is 2.21. The van der Waals surface area contributed by atoms with Crippen molar-refractivity contribution in [2.45, 2.75) is 32.6 Å². The minimum absolute atomic E-state index is 0.113. The molecule has 1 aromatic heterocycles. The molecule has 2 aromatic rings. The third-order valence-electron chi connectivity index (χ3n) is 3.86. The second-order valence-corrected chi connectivity index (χ2v) is 5.47. The number of aromatic amines is 1. The Morgan fingerprint density at radius 3 is 2.79 bits per heavy atom. The van der Waals surface area contributed by atoms with E-state index in [-0.39, 0.29) is 5.41 Å². The van der Waals surface area contributed by atoms with E-state index in [2.05, 4.69) is 37.0 Å². The van der Waals surface area contributed by atoms with Gasteiger partial charge in [-0.2, -0.15) is 5.10 Å². The van der Waals surface area contributed by atoms with E-state index in [4.69, 9.17) is 9.47 Å². The van der Waals surface area contributed by atoms with Crippen LogP contribution < -0.4 is 9.47 Å². The fourth-order valence-electron chi connectivity index (χ4n) is 2.06. The standard InChI is InChI=1S/C15H18N2O2/c1-4-15(2,3)14-8-11(16-17-14)10-5-6-12-13(7-10)19-9-18-12/h5-8H,4,9H2,1-3H3,(H,16,17). The van der Waals surface area contributed by atoms with Crippen molar-refractivity contribution in [1.29, 1.82) is 0 Å². The largest absolute Gasteiger partial charge is 0.454 e. The molecule has 0 aliphatic carbocycles. The summed E-state index contributed by atoms with van der Waals surface area (Å²) in [6, 6.07) is 8.02. The van der Waals surface area contributed by atoms with Crippen LogP contribution >= 0.6 is 0 Å². The van der Waals surface area contributed by atoms with Gasteiger partial charge in [0.05, 0.1) is 5.69 Å². The minimum atomic E-state index is 0.113. The van der Waals surface area contributed by atoms with Gasteiger partial charge in [0.25, 0.3) is 0 Å². The maximum Gasteiger partial charge on any atom is 0.231 e. The van der Waals surface area contributed by atoms with Crippen molar-refractivity contribution in [2.75, 3.05) is 6.79 Å². The van der Waals surface area contributed by atoms with E-state index >= 15 is 0 Å². The van der Waals surface area contributed by atoms with Crippen molar-refractivity contribution in [2.24, 2.45) is 0 Å². The molecule has 2 heterocycles. The van der Waals surface area contributed by atoms with E-state index in [1.807, 2.05) is 18.2 Å². The van der Waals surface area contributed by atoms with Gasteiger partial charge in [-0.25, -0.2) is 0 Å². The first-order valence-corrected chi connectivity index (χ1v) is 6.56. The molecule has 0 amide bonds. The highest BCUT2D eigenvalue weighted by Crippen LogP contribution is 2.36. The lowest BCUT2D eigenvalue weighted by Gasteiger charge is -2.19. The van der Waals surface area contributed by atoms with Gasteiger partial charge in [-0.3, -0.25) is 5.10 Å². The first-order chi connectivity index (χ1) is 9.10. The molecule has 4 heteroatoms. The molecule has 0 saturated heterocycles. The number of aromatic nitrogens is 2. The molecule has 1 aliphatic heterocycles. The van der Waals surface area contributed by atoms with Gasteiger partial charge in [0, 0.05) is 16.7 Å². The van der Waals surface area contributed by atoms with Crippen LogP contribution in [0.15, 0.2) is 24.3 Å². The normalized spacial score (nSPS) is 13.8. The van der Waals surface area contributed by atoms with E-state index in [9.17, 15) is 0 Å². The fraction of sp³-hybridized carbons (Fsp3) is 0.400. The summed E-state index contributed by atoms with van der Waals surface area (Å²) in [6.45, 7) is 6.91. The van der Waals surface area contributed by atoms with Gasteiger partial charge in [0.1, 0.15) is 0 Å². The molecule has 0 fully saturated rings. The van der Waals surface area contributed by atoms with Crippen molar-refractivity contribution >= 4 is 0 Å². The van der Waals surface area contributed by atoms with Gasteiger partial charge in [0.2, 0.25) is 6.79 Å². The summed E-state index contributed by atoms with van der Waals surface area (Å²) >= 11 is 0. The molecule has 0 bridgehead atoms. The van der Waals surface area contributed by atoms with Crippen LogP contribution in [-0.2, 0) is 5.41 Å². The van der Waals surface area contributed by atoms with Crippen LogP contribution in [0.1, 0.15) is 32.9 Å². The molecule has 1 aliphatic rings. The molecule has 0 saturated carbocycles. The van der Waals surface area contributed by atoms with Crippen LogP contribution in [0.25, 0.3) is 11.3 Å². The number of rotatable bonds is 3. The van der Waals surface area contributed by atoms with Crippen molar-refractivity contribution in [3.8, 4) is 22.8 Å². The van der Waals surface area contributed by atoms with Crippen LogP contribution in [-0.4, -0.2) is 17.0 Å². The Bertz CT molecular complexity index is 602. The number of H-pyrrole nitrogens is 1. The Labute approximate surface area is 112 Å². The zero-order chi connectivity index (χ0) is 13.5. The number of hydrogen-bond donors (Lipinski definition) is 1. The average molecular weight is 258 g/mol. The lowest BCUT2D eigenvalue weighted by Crippen LogP contribution is -2.15. The molecule has 3 rings (SSSR count). The zero-order valence-corrected chi connectivity index (χ0v) is 11.5. The van der Waals surface area contributed by atoms with E-state index in [0.29, 0.717) is 6.79 Å². The van der Waals surface area contributed by atoms with E-state index in [0.717, 1.165) is 34.9 Å². The smallest absolute Gasteiger partial charge is 0.231 e. The first-order valence-electron chi connectivity index (χ1n) is 6.56. The number of benzene rings is 1. The molecule has 0 spiro atoms. The average Bonchev–Trinajstić information content (AvgIpc) is 3.06. The van der Waals surface area contributed by atoms with Gasteiger partial charge < -0.3 is 9.47 Å². The summed E-state index contributed by atoms with van der Waals surface area (Å²) in [5.74, 6) is 1.59. The van der Waals surface area contributed by atoms with Gasteiger partial charge in [0.15, 0.2) is 11.5 Å². The molecule has 4 nitrogen and oxygen atoms in total. The predicted molar refractivity (Wildman–Crippen MR) is 73.5 cm³/mol. The Morgan fingerprint density at radius 2 is 2.00 bits per heavy atom. The maximum atomic E-state index is 5.40. The molecular formula is C15H18N2O2. The topological polar surface area (TPSA) is 47.1 Å². The minimum Gasteiger partial charge on any atom is -0.454 e. The van der Waals surface area contributed by atoms with Gasteiger partial charge >= 0.3 is 0 Å². The van der Waals surface area contributed by atoms with Crippen molar-refractivity contribution < 1.29 is 9.47 Å².